The molecule has 1 saturated carbocycles. The molecule has 1 aliphatic carbocycles. The fraction of sp³-hybridized carbons (Fsp3) is 0.789. The number of amides is 1. The third kappa shape index (κ3) is 3.30. The van der Waals surface area contributed by atoms with Crippen LogP contribution in [0.5, 0.6) is 0 Å². The highest BCUT2D eigenvalue weighted by Gasteiger charge is 2.60. The van der Waals surface area contributed by atoms with Crippen LogP contribution in [0.25, 0.3) is 0 Å². The van der Waals surface area contributed by atoms with Crippen LogP contribution >= 0.6 is 11.8 Å². The number of rotatable bonds is 6. The Morgan fingerprint density at radius 2 is 1.96 bits per heavy atom. The number of hydrogen-bond acceptors (Lipinski definition) is 6. The van der Waals surface area contributed by atoms with Crippen molar-refractivity contribution in [1.29, 1.82) is 0 Å². The summed E-state index contributed by atoms with van der Waals surface area (Å²) in [5.74, 6) is -1.81. The summed E-state index contributed by atoms with van der Waals surface area (Å²) in [6.07, 6.45) is 3.66. The second-order valence-corrected chi connectivity index (χ2v) is 9.71. The number of carbonyl (C=O) groups excluding carboxylic acids is 1. The number of aliphatic hydroxyl groups excluding tert-OH is 1. The van der Waals surface area contributed by atoms with Gasteiger partial charge in [0.2, 0.25) is 5.91 Å². The molecule has 1 amide bonds. The van der Waals surface area contributed by atoms with Crippen LogP contribution in [-0.2, 0) is 9.59 Å². The zero-order valence-electron chi connectivity index (χ0n) is 15.9. The first-order valence-corrected chi connectivity index (χ1v) is 10.9. The number of aliphatic hydroxyl groups is 1. The number of nitrogens with zero attached hydrogens (tertiary/aromatic N) is 1. The van der Waals surface area contributed by atoms with Gasteiger partial charge in [-0.2, -0.15) is 0 Å². The molecule has 4 atom stereocenters. The number of piperidine rings is 1. The minimum absolute atomic E-state index is 0.0326. The summed E-state index contributed by atoms with van der Waals surface area (Å²) in [7, 11) is 0. The summed E-state index contributed by atoms with van der Waals surface area (Å²) in [5, 5.41) is 27.1. The fourth-order valence-corrected chi connectivity index (χ4v) is 6.65. The van der Waals surface area contributed by atoms with Crippen LogP contribution in [0.15, 0.2) is 10.6 Å². The van der Waals surface area contributed by atoms with Gasteiger partial charge < -0.3 is 25.7 Å². The van der Waals surface area contributed by atoms with E-state index in [1.54, 1.807) is 18.7 Å². The van der Waals surface area contributed by atoms with E-state index >= 15 is 0 Å². The van der Waals surface area contributed by atoms with E-state index in [0.717, 1.165) is 30.8 Å². The first-order valence-electron chi connectivity index (χ1n) is 10.0. The Balaban J connectivity index is 1.38. The molecule has 8 heteroatoms. The number of carboxylic acid groups (broad SMARTS) is 1. The van der Waals surface area contributed by atoms with Crippen LogP contribution in [0.4, 0.5) is 0 Å². The molecule has 7 nitrogen and oxygen atoms in total. The monoisotopic (exact) mass is 395 g/mol. The summed E-state index contributed by atoms with van der Waals surface area (Å²) in [6, 6.07) is 0.891. The van der Waals surface area contributed by atoms with Gasteiger partial charge in [-0.1, -0.05) is 6.92 Å². The van der Waals surface area contributed by atoms with Gasteiger partial charge in [0.1, 0.15) is 5.70 Å². The number of hydrogen-bond donors (Lipinski definition) is 4. The maximum absolute atomic E-state index is 12.4. The van der Waals surface area contributed by atoms with Crippen LogP contribution in [0, 0.1) is 11.8 Å². The van der Waals surface area contributed by atoms with E-state index in [1.807, 2.05) is 6.92 Å². The van der Waals surface area contributed by atoms with Crippen molar-refractivity contribution in [3.8, 4) is 0 Å². The molecule has 27 heavy (non-hydrogen) atoms. The van der Waals surface area contributed by atoms with Gasteiger partial charge in [-0.15, -0.1) is 11.8 Å². The van der Waals surface area contributed by atoms with Crippen molar-refractivity contribution in [2.45, 2.75) is 69.0 Å². The number of nitrogens with one attached hydrogen (secondary N) is 2. The van der Waals surface area contributed by atoms with E-state index < -0.39 is 18.0 Å². The third-order valence-corrected chi connectivity index (χ3v) is 8.05. The van der Waals surface area contributed by atoms with Gasteiger partial charge in [-0.05, 0) is 45.7 Å². The zero-order chi connectivity index (χ0) is 19.3. The van der Waals surface area contributed by atoms with Crippen LogP contribution < -0.4 is 10.6 Å². The van der Waals surface area contributed by atoms with Crippen LogP contribution in [0.1, 0.15) is 39.5 Å². The average Bonchev–Trinajstić information content (AvgIpc) is 2.83. The number of β-lactam (4-membered cyclic amide) rings is 1. The summed E-state index contributed by atoms with van der Waals surface area (Å²) in [6.45, 7) is 5.75. The van der Waals surface area contributed by atoms with E-state index in [-0.39, 0.29) is 23.6 Å². The summed E-state index contributed by atoms with van der Waals surface area (Å²) in [4.78, 5) is 26.4. The van der Waals surface area contributed by atoms with Gasteiger partial charge in [-0.3, -0.25) is 4.79 Å². The molecule has 0 aromatic carbocycles. The van der Waals surface area contributed by atoms with Gasteiger partial charge in [0, 0.05) is 28.2 Å². The topological polar surface area (TPSA) is 102 Å². The highest BCUT2D eigenvalue weighted by molar-refractivity contribution is 8.03. The SMILES string of the molecule is C[C@@H](O)[C@H]1C(=O)N2C(C(=O)O)=C(S[C@H]3C[C@@H](NC4CCNCC4)C3)[C@H](C)[C@H]12. The normalized spacial score (nSPS) is 37.7. The summed E-state index contributed by atoms with van der Waals surface area (Å²) >= 11 is 1.64. The van der Waals surface area contributed by atoms with E-state index in [0.29, 0.717) is 17.3 Å². The number of aliphatic carboxylic acids is 1. The highest BCUT2D eigenvalue weighted by atomic mass is 32.2. The van der Waals surface area contributed by atoms with Crippen molar-refractivity contribution in [2.75, 3.05) is 13.1 Å². The lowest BCUT2D eigenvalue weighted by atomic mass is 9.79. The van der Waals surface area contributed by atoms with Crippen molar-refractivity contribution >= 4 is 23.6 Å². The minimum atomic E-state index is -1.03. The molecule has 0 aromatic heterocycles. The average molecular weight is 396 g/mol. The number of fused-ring (bicyclic) bond motifs is 1. The first-order chi connectivity index (χ1) is 12.9. The lowest BCUT2D eigenvalue weighted by Crippen LogP contribution is -2.63. The quantitative estimate of drug-likeness (QED) is 0.492. The molecular formula is C19H29N3O4S. The molecular weight excluding hydrogens is 366 g/mol. The molecule has 150 valence electrons. The Bertz CT molecular complexity index is 655. The zero-order valence-corrected chi connectivity index (χ0v) is 16.7. The van der Waals surface area contributed by atoms with E-state index in [2.05, 4.69) is 10.6 Å². The van der Waals surface area contributed by atoms with Crippen molar-refractivity contribution in [3.05, 3.63) is 10.6 Å². The Morgan fingerprint density at radius 1 is 1.30 bits per heavy atom. The van der Waals surface area contributed by atoms with Crippen LogP contribution in [0.3, 0.4) is 0 Å². The van der Waals surface area contributed by atoms with Gasteiger partial charge in [0.15, 0.2) is 0 Å². The van der Waals surface area contributed by atoms with Gasteiger partial charge >= 0.3 is 5.97 Å². The molecule has 0 radical (unpaired) electrons. The molecule has 0 spiro atoms. The van der Waals surface area contributed by atoms with E-state index in [9.17, 15) is 19.8 Å². The van der Waals surface area contributed by atoms with E-state index in [4.69, 9.17) is 0 Å². The molecule has 3 fully saturated rings. The molecule has 3 heterocycles. The molecule has 0 aromatic rings. The molecule has 4 aliphatic rings. The molecule has 0 bridgehead atoms. The van der Waals surface area contributed by atoms with Gasteiger partial charge in [0.25, 0.3) is 0 Å². The van der Waals surface area contributed by atoms with Crippen LogP contribution in [0.2, 0.25) is 0 Å². The molecule has 4 N–H and O–H groups in total. The predicted molar refractivity (Wildman–Crippen MR) is 103 cm³/mol. The number of carbonyl (C=O) groups is 2. The van der Waals surface area contributed by atoms with Gasteiger partial charge in [0.05, 0.1) is 18.1 Å². The Hall–Kier alpha value is -1.09. The Labute approximate surface area is 163 Å². The first kappa shape index (κ1) is 19.2. The smallest absolute Gasteiger partial charge is 0.353 e. The molecule has 4 rings (SSSR count). The highest BCUT2D eigenvalue weighted by Crippen LogP contribution is 2.53. The number of carboxylic acids is 1. The largest absolute Gasteiger partial charge is 0.477 e. The second-order valence-electron chi connectivity index (χ2n) is 8.37. The van der Waals surface area contributed by atoms with Crippen molar-refractivity contribution in [3.63, 3.8) is 0 Å². The van der Waals surface area contributed by atoms with Gasteiger partial charge in [-0.25, -0.2) is 4.79 Å². The fourth-order valence-electron chi connectivity index (χ4n) is 4.98. The maximum atomic E-state index is 12.4. The molecule has 2 saturated heterocycles. The van der Waals surface area contributed by atoms with Crippen molar-refractivity contribution < 1.29 is 19.8 Å². The third-order valence-electron chi connectivity index (χ3n) is 6.51. The van der Waals surface area contributed by atoms with Crippen LogP contribution in [-0.4, -0.2) is 69.6 Å². The van der Waals surface area contributed by atoms with Crippen molar-refractivity contribution in [2.24, 2.45) is 11.8 Å². The Morgan fingerprint density at radius 3 is 2.56 bits per heavy atom. The Kier molecular flexibility index (Phi) is 5.26. The minimum Gasteiger partial charge on any atom is -0.477 e. The predicted octanol–water partition coefficient (Wildman–Crippen LogP) is 0.746. The lowest BCUT2D eigenvalue weighted by molar-refractivity contribution is -0.163. The molecule has 0 unspecified atom stereocenters. The standard InChI is InChI=1S/C19H29N3O4S/c1-9-15-14(10(2)23)18(24)22(15)16(19(25)26)17(9)27-13-7-12(8-13)21-11-3-5-20-6-4-11/h9-15,20-21,23H,3-8H2,1-2H3,(H,25,26)/t9-,10-,12-,13+,14-,15-/m1/s1. The second kappa shape index (κ2) is 7.39. The summed E-state index contributed by atoms with van der Waals surface area (Å²) < 4.78 is 0. The summed E-state index contributed by atoms with van der Waals surface area (Å²) in [5.41, 5.74) is 0.147. The molecule has 3 aliphatic heterocycles. The number of thioether (sulfide) groups is 1. The maximum Gasteiger partial charge on any atom is 0.353 e. The lowest BCUT2D eigenvalue weighted by Gasteiger charge is -2.46. The van der Waals surface area contributed by atoms with E-state index in [1.165, 1.54) is 17.7 Å². The van der Waals surface area contributed by atoms with Crippen molar-refractivity contribution in [1.82, 2.24) is 15.5 Å².